The maximum absolute atomic E-state index is 12.7. The van der Waals surface area contributed by atoms with Gasteiger partial charge in [0.2, 0.25) is 0 Å². The van der Waals surface area contributed by atoms with Crippen LogP contribution in [-0.2, 0) is 6.18 Å². The number of likely N-dealkylation sites (N-methyl/N-ethyl adjacent to an activating group) is 1. The van der Waals surface area contributed by atoms with Gasteiger partial charge >= 0.3 is 6.18 Å². The Labute approximate surface area is 115 Å². The van der Waals surface area contributed by atoms with Crippen molar-refractivity contribution in [2.45, 2.75) is 25.1 Å². The summed E-state index contributed by atoms with van der Waals surface area (Å²) in [7, 11) is 1.82. The minimum Gasteiger partial charge on any atom is -0.337 e. The number of carbonyl (C=O) groups is 1. The van der Waals surface area contributed by atoms with E-state index in [2.05, 4.69) is 5.32 Å². The van der Waals surface area contributed by atoms with E-state index in [0.717, 1.165) is 25.0 Å². The number of likely N-dealkylation sites (tertiary alicyclic amines) is 1. The number of benzene rings is 1. The van der Waals surface area contributed by atoms with E-state index >= 15 is 0 Å². The molecule has 1 N–H and O–H groups in total. The summed E-state index contributed by atoms with van der Waals surface area (Å²) in [5, 5.41) is 3.10. The van der Waals surface area contributed by atoms with Crippen molar-refractivity contribution >= 4 is 5.91 Å². The van der Waals surface area contributed by atoms with Crippen LogP contribution in [0.1, 0.15) is 28.8 Å². The van der Waals surface area contributed by atoms with E-state index < -0.39 is 11.7 Å². The normalized spacial score (nSPS) is 20.0. The molecule has 1 heterocycles. The first kappa shape index (κ1) is 14.8. The Hall–Kier alpha value is -1.56. The molecule has 6 heteroatoms. The standard InChI is InChI=1S/C14H17F3N2O/c1-18-12-6-3-7-19(9-12)13(20)10-4-2-5-11(8-10)14(15,16)17/h2,4-5,8,12,18H,3,6-7,9H2,1H3/t12-/m1/s1. The van der Waals surface area contributed by atoms with E-state index in [1.54, 1.807) is 4.90 Å². The first-order chi connectivity index (χ1) is 9.41. The molecular weight excluding hydrogens is 269 g/mol. The molecule has 1 saturated heterocycles. The van der Waals surface area contributed by atoms with Gasteiger partial charge in [0.25, 0.3) is 5.91 Å². The lowest BCUT2D eigenvalue weighted by atomic mass is 10.0. The molecule has 0 bridgehead atoms. The minimum absolute atomic E-state index is 0.0941. The number of amides is 1. The van der Waals surface area contributed by atoms with Gasteiger partial charge < -0.3 is 10.2 Å². The number of halogens is 3. The third-order valence-electron chi connectivity index (χ3n) is 3.55. The van der Waals surface area contributed by atoms with Crippen LogP contribution in [0.25, 0.3) is 0 Å². The molecule has 1 aliphatic heterocycles. The molecule has 0 aromatic heterocycles. The van der Waals surface area contributed by atoms with E-state index in [1.165, 1.54) is 12.1 Å². The average molecular weight is 286 g/mol. The number of nitrogens with one attached hydrogen (secondary N) is 1. The Morgan fingerprint density at radius 2 is 2.15 bits per heavy atom. The fourth-order valence-corrected chi connectivity index (χ4v) is 2.41. The second-order valence-electron chi connectivity index (χ2n) is 4.96. The Morgan fingerprint density at radius 1 is 1.40 bits per heavy atom. The van der Waals surface area contributed by atoms with Gasteiger partial charge in [0, 0.05) is 24.7 Å². The van der Waals surface area contributed by atoms with Crippen molar-refractivity contribution in [3.8, 4) is 0 Å². The van der Waals surface area contributed by atoms with Crippen molar-refractivity contribution in [2.75, 3.05) is 20.1 Å². The fourth-order valence-electron chi connectivity index (χ4n) is 2.41. The fraction of sp³-hybridized carbons (Fsp3) is 0.500. The van der Waals surface area contributed by atoms with Crippen LogP contribution in [-0.4, -0.2) is 37.0 Å². The molecule has 0 saturated carbocycles. The summed E-state index contributed by atoms with van der Waals surface area (Å²) in [6, 6.07) is 4.81. The highest BCUT2D eigenvalue weighted by Gasteiger charge is 2.31. The Bertz CT molecular complexity index is 488. The van der Waals surface area contributed by atoms with Crippen molar-refractivity contribution < 1.29 is 18.0 Å². The van der Waals surface area contributed by atoms with Crippen LogP contribution in [0, 0.1) is 0 Å². The number of alkyl halides is 3. The Balaban J connectivity index is 2.17. The maximum atomic E-state index is 12.7. The van der Waals surface area contributed by atoms with Crippen LogP contribution in [0.2, 0.25) is 0 Å². The number of piperidine rings is 1. The van der Waals surface area contributed by atoms with E-state index in [9.17, 15) is 18.0 Å². The smallest absolute Gasteiger partial charge is 0.337 e. The molecule has 0 spiro atoms. The van der Waals surface area contributed by atoms with E-state index in [0.29, 0.717) is 13.1 Å². The number of carbonyl (C=O) groups excluding carboxylic acids is 1. The van der Waals surface area contributed by atoms with Gasteiger partial charge in [-0.15, -0.1) is 0 Å². The van der Waals surface area contributed by atoms with Gasteiger partial charge in [0.05, 0.1) is 5.56 Å². The summed E-state index contributed by atoms with van der Waals surface area (Å²) in [4.78, 5) is 13.9. The Morgan fingerprint density at radius 3 is 2.80 bits per heavy atom. The van der Waals surface area contributed by atoms with Crippen LogP contribution in [0.15, 0.2) is 24.3 Å². The van der Waals surface area contributed by atoms with Crippen LogP contribution >= 0.6 is 0 Å². The molecule has 1 aromatic carbocycles. The zero-order valence-electron chi connectivity index (χ0n) is 11.2. The lowest BCUT2D eigenvalue weighted by Crippen LogP contribution is -2.47. The highest BCUT2D eigenvalue weighted by Crippen LogP contribution is 2.29. The van der Waals surface area contributed by atoms with Crippen molar-refractivity contribution in [1.82, 2.24) is 10.2 Å². The number of rotatable bonds is 2. The highest BCUT2D eigenvalue weighted by molar-refractivity contribution is 5.94. The predicted molar refractivity (Wildman–Crippen MR) is 69.4 cm³/mol. The topological polar surface area (TPSA) is 32.3 Å². The first-order valence-corrected chi connectivity index (χ1v) is 6.55. The molecule has 1 fully saturated rings. The van der Waals surface area contributed by atoms with Crippen LogP contribution in [0.3, 0.4) is 0 Å². The first-order valence-electron chi connectivity index (χ1n) is 6.55. The molecular formula is C14H17F3N2O. The lowest BCUT2D eigenvalue weighted by molar-refractivity contribution is -0.137. The third kappa shape index (κ3) is 3.30. The largest absolute Gasteiger partial charge is 0.416 e. The molecule has 1 aromatic rings. The summed E-state index contributed by atoms with van der Waals surface area (Å²) in [6.45, 7) is 1.12. The average Bonchev–Trinajstić information content (AvgIpc) is 2.46. The summed E-state index contributed by atoms with van der Waals surface area (Å²) in [5.74, 6) is -0.337. The second kappa shape index (κ2) is 5.83. The molecule has 1 amide bonds. The third-order valence-corrected chi connectivity index (χ3v) is 3.55. The molecule has 110 valence electrons. The summed E-state index contributed by atoms with van der Waals surface area (Å²) < 4.78 is 38.0. The van der Waals surface area contributed by atoms with Crippen molar-refractivity contribution in [3.63, 3.8) is 0 Å². The molecule has 0 unspecified atom stereocenters. The molecule has 1 aliphatic rings. The molecule has 0 aliphatic carbocycles. The van der Waals surface area contributed by atoms with Gasteiger partial charge in [-0.3, -0.25) is 4.79 Å². The Kier molecular flexibility index (Phi) is 4.32. The molecule has 2 rings (SSSR count). The van der Waals surface area contributed by atoms with Gasteiger partial charge in [-0.1, -0.05) is 6.07 Å². The number of hydrogen-bond acceptors (Lipinski definition) is 2. The van der Waals surface area contributed by atoms with Crippen LogP contribution in [0.5, 0.6) is 0 Å². The number of nitrogens with zero attached hydrogens (tertiary/aromatic N) is 1. The quantitative estimate of drug-likeness (QED) is 0.906. The summed E-state index contributed by atoms with van der Waals surface area (Å²) in [6.07, 6.45) is -2.59. The predicted octanol–water partition coefficient (Wildman–Crippen LogP) is 2.53. The van der Waals surface area contributed by atoms with E-state index in [-0.39, 0.29) is 17.5 Å². The molecule has 0 radical (unpaired) electrons. The zero-order valence-corrected chi connectivity index (χ0v) is 11.2. The SMILES string of the molecule is CN[C@@H]1CCCN(C(=O)c2cccc(C(F)(F)F)c2)C1. The second-order valence-corrected chi connectivity index (χ2v) is 4.96. The monoisotopic (exact) mass is 286 g/mol. The molecule has 20 heavy (non-hydrogen) atoms. The van der Waals surface area contributed by atoms with Gasteiger partial charge in [-0.2, -0.15) is 13.2 Å². The van der Waals surface area contributed by atoms with Crippen molar-refractivity contribution in [1.29, 1.82) is 0 Å². The van der Waals surface area contributed by atoms with Gasteiger partial charge in [0.15, 0.2) is 0 Å². The summed E-state index contributed by atoms with van der Waals surface area (Å²) >= 11 is 0. The highest BCUT2D eigenvalue weighted by atomic mass is 19.4. The van der Waals surface area contributed by atoms with Gasteiger partial charge in [-0.25, -0.2) is 0 Å². The van der Waals surface area contributed by atoms with Crippen LogP contribution in [0.4, 0.5) is 13.2 Å². The van der Waals surface area contributed by atoms with Crippen LogP contribution < -0.4 is 5.32 Å². The van der Waals surface area contributed by atoms with Gasteiger partial charge in [0.1, 0.15) is 0 Å². The maximum Gasteiger partial charge on any atom is 0.416 e. The number of hydrogen-bond donors (Lipinski definition) is 1. The van der Waals surface area contributed by atoms with Crippen molar-refractivity contribution in [2.24, 2.45) is 0 Å². The van der Waals surface area contributed by atoms with Gasteiger partial charge in [-0.05, 0) is 38.1 Å². The lowest BCUT2D eigenvalue weighted by Gasteiger charge is -2.32. The zero-order chi connectivity index (χ0) is 14.8. The minimum atomic E-state index is -4.42. The summed E-state index contributed by atoms with van der Waals surface area (Å²) in [5.41, 5.74) is -0.692. The van der Waals surface area contributed by atoms with Crippen molar-refractivity contribution in [3.05, 3.63) is 35.4 Å². The molecule has 1 atom stereocenters. The molecule has 3 nitrogen and oxygen atoms in total. The van der Waals surface area contributed by atoms with E-state index in [1.807, 2.05) is 7.05 Å². The van der Waals surface area contributed by atoms with E-state index in [4.69, 9.17) is 0 Å².